The summed E-state index contributed by atoms with van der Waals surface area (Å²) < 4.78 is 64.8. The summed E-state index contributed by atoms with van der Waals surface area (Å²) in [6.45, 7) is 2.55. The Bertz CT molecular complexity index is 510. The van der Waals surface area contributed by atoms with Gasteiger partial charge in [-0.05, 0) is 19.4 Å². The minimum atomic E-state index is -2.20. The van der Waals surface area contributed by atoms with Crippen LogP contribution in [0.4, 0.5) is 22.0 Å². The number of allylic oxidation sites excluding steroid dienone is 2. The Balaban J connectivity index is 2.94. The summed E-state index contributed by atoms with van der Waals surface area (Å²) in [5, 5.41) is 3.34. The van der Waals surface area contributed by atoms with Gasteiger partial charge >= 0.3 is 0 Å². The Morgan fingerprint density at radius 3 is 1.95 bits per heavy atom. The van der Waals surface area contributed by atoms with Gasteiger partial charge in [-0.15, -0.1) is 0 Å². The van der Waals surface area contributed by atoms with E-state index in [1.54, 1.807) is 19.9 Å². The molecule has 0 aliphatic heterocycles. The average Bonchev–Trinajstić information content (AvgIpc) is 2.41. The number of hydrogen-bond donors (Lipinski definition) is 0. The van der Waals surface area contributed by atoms with E-state index >= 15 is 0 Å². The van der Waals surface area contributed by atoms with Gasteiger partial charge in [0.25, 0.3) is 0 Å². The Kier molecular flexibility index (Phi) is 5.02. The lowest BCUT2D eigenvalue weighted by molar-refractivity contribution is 0.124. The Labute approximate surface area is 106 Å². The molecule has 0 fully saturated rings. The molecule has 0 bridgehead atoms. The molecular weight excluding hydrogens is 269 g/mol. The molecule has 0 amide bonds. The van der Waals surface area contributed by atoms with Crippen molar-refractivity contribution in [1.29, 1.82) is 0 Å². The molecule has 1 aromatic rings. The lowest BCUT2D eigenvalue weighted by Gasteiger charge is -2.06. The summed E-state index contributed by atoms with van der Waals surface area (Å²) in [5.41, 5.74) is -0.357. The van der Waals surface area contributed by atoms with E-state index in [4.69, 9.17) is 0 Å². The molecule has 19 heavy (non-hydrogen) atoms. The van der Waals surface area contributed by atoms with Crippen molar-refractivity contribution in [2.24, 2.45) is 5.16 Å². The number of oxime groups is 1. The number of rotatable bonds is 4. The van der Waals surface area contributed by atoms with Crippen molar-refractivity contribution >= 4 is 6.21 Å². The van der Waals surface area contributed by atoms with Crippen molar-refractivity contribution in [2.75, 3.05) is 0 Å². The highest BCUT2D eigenvalue weighted by molar-refractivity contribution is 5.76. The Hall–Kier alpha value is -1.92. The van der Waals surface area contributed by atoms with Crippen LogP contribution in [0.25, 0.3) is 0 Å². The van der Waals surface area contributed by atoms with Gasteiger partial charge in [0.05, 0.1) is 11.8 Å². The fourth-order valence-electron chi connectivity index (χ4n) is 1.07. The molecule has 1 aromatic carbocycles. The van der Waals surface area contributed by atoms with Crippen molar-refractivity contribution in [3.63, 3.8) is 0 Å². The van der Waals surface area contributed by atoms with Crippen molar-refractivity contribution in [2.45, 2.75) is 20.5 Å². The van der Waals surface area contributed by atoms with Crippen LogP contribution in [-0.4, -0.2) is 6.21 Å². The summed E-state index contributed by atoms with van der Waals surface area (Å²) in [6, 6.07) is 0. The van der Waals surface area contributed by atoms with Gasteiger partial charge in [0.15, 0.2) is 23.3 Å². The van der Waals surface area contributed by atoms with E-state index in [1.807, 2.05) is 0 Å². The minimum Gasteiger partial charge on any atom is -0.391 e. The average molecular weight is 279 g/mol. The summed E-state index contributed by atoms with van der Waals surface area (Å²) >= 11 is 0. The first-order chi connectivity index (χ1) is 8.90. The molecular formula is C12H10F5NO. The van der Waals surface area contributed by atoms with Crippen LogP contribution in [0.15, 0.2) is 16.8 Å². The number of halogens is 5. The quantitative estimate of drug-likeness (QED) is 0.270. The summed E-state index contributed by atoms with van der Waals surface area (Å²) in [7, 11) is 0. The van der Waals surface area contributed by atoms with Gasteiger partial charge < -0.3 is 4.84 Å². The highest BCUT2D eigenvalue weighted by Crippen LogP contribution is 2.23. The molecule has 0 saturated heterocycles. The number of nitrogens with zero attached hydrogens (tertiary/aromatic N) is 1. The molecule has 104 valence electrons. The SMILES string of the molecule is C/C=C(\C)C=NOCc1c(F)c(F)c(F)c(F)c1F. The van der Waals surface area contributed by atoms with Crippen LogP contribution in [-0.2, 0) is 11.4 Å². The zero-order valence-corrected chi connectivity index (χ0v) is 10.1. The summed E-state index contributed by atoms with van der Waals surface area (Å²) in [5.74, 6) is -10.1. The zero-order valence-electron chi connectivity index (χ0n) is 10.1. The van der Waals surface area contributed by atoms with E-state index in [0.717, 1.165) is 0 Å². The fourth-order valence-corrected chi connectivity index (χ4v) is 1.07. The van der Waals surface area contributed by atoms with Crippen LogP contribution in [0.3, 0.4) is 0 Å². The molecule has 0 heterocycles. The largest absolute Gasteiger partial charge is 0.391 e. The second kappa shape index (κ2) is 6.31. The van der Waals surface area contributed by atoms with Gasteiger partial charge in [-0.2, -0.15) is 0 Å². The van der Waals surface area contributed by atoms with Crippen LogP contribution in [0.2, 0.25) is 0 Å². The van der Waals surface area contributed by atoms with E-state index in [2.05, 4.69) is 9.99 Å². The zero-order chi connectivity index (χ0) is 14.6. The first kappa shape index (κ1) is 15.1. The molecule has 1 rings (SSSR count). The maximum atomic E-state index is 13.2. The molecule has 0 saturated carbocycles. The van der Waals surface area contributed by atoms with Crippen LogP contribution in [0.5, 0.6) is 0 Å². The molecule has 0 radical (unpaired) electrons. The van der Waals surface area contributed by atoms with Gasteiger partial charge in [0, 0.05) is 0 Å². The molecule has 0 aliphatic rings. The Morgan fingerprint density at radius 2 is 1.47 bits per heavy atom. The fraction of sp³-hybridized carbons (Fsp3) is 0.250. The normalized spacial score (nSPS) is 12.3. The lowest BCUT2D eigenvalue weighted by atomic mass is 10.2. The van der Waals surface area contributed by atoms with Crippen molar-refractivity contribution in [1.82, 2.24) is 0 Å². The van der Waals surface area contributed by atoms with Crippen LogP contribution >= 0.6 is 0 Å². The predicted octanol–water partition coefficient (Wildman–Crippen LogP) is 3.85. The van der Waals surface area contributed by atoms with Gasteiger partial charge in [-0.3, -0.25) is 0 Å². The molecule has 0 atom stereocenters. The van der Waals surface area contributed by atoms with Crippen LogP contribution in [0, 0.1) is 29.1 Å². The van der Waals surface area contributed by atoms with E-state index in [0.29, 0.717) is 5.57 Å². The maximum Gasteiger partial charge on any atom is 0.200 e. The van der Waals surface area contributed by atoms with Gasteiger partial charge in [0.2, 0.25) is 5.82 Å². The first-order valence-electron chi connectivity index (χ1n) is 5.18. The van der Waals surface area contributed by atoms with E-state index in [9.17, 15) is 22.0 Å². The summed E-state index contributed by atoms with van der Waals surface area (Å²) in [6.07, 6.45) is 2.93. The van der Waals surface area contributed by atoms with E-state index in [-0.39, 0.29) is 0 Å². The molecule has 0 spiro atoms. The van der Waals surface area contributed by atoms with Crippen molar-refractivity contribution in [3.05, 3.63) is 46.3 Å². The van der Waals surface area contributed by atoms with Gasteiger partial charge in [-0.25, -0.2) is 22.0 Å². The standard InChI is InChI=1S/C12H10F5NO/c1-3-6(2)4-18-19-5-7-8(13)10(15)12(17)11(16)9(7)14/h3-4H,5H2,1-2H3/b6-3+,18-4?. The molecule has 0 unspecified atom stereocenters. The number of benzene rings is 1. The topological polar surface area (TPSA) is 21.6 Å². The molecule has 2 nitrogen and oxygen atoms in total. The van der Waals surface area contributed by atoms with Crippen molar-refractivity contribution in [3.8, 4) is 0 Å². The first-order valence-corrected chi connectivity index (χ1v) is 5.18. The highest BCUT2D eigenvalue weighted by atomic mass is 19.2. The van der Waals surface area contributed by atoms with Gasteiger partial charge in [-0.1, -0.05) is 11.2 Å². The monoisotopic (exact) mass is 279 g/mol. The van der Waals surface area contributed by atoms with Crippen LogP contribution < -0.4 is 0 Å². The van der Waals surface area contributed by atoms with E-state index < -0.39 is 41.3 Å². The third-order valence-electron chi connectivity index (χ3n) is 2.30. The molecule has 0 aliphatic carbocycles. The number of hydrogen-bond acceptors (Lipinski definition) is 2. The van der Waals surface area contributed by atoms with Gasteiger partial charge in [0.1, 0.15) is 6.61 Å². The predicted molar refractivity (Wildman–Crippen MR) is 58.9 cm³/mol. The smallest absolute Gasteiger partial charge is 0.200 e. The molecule has 7 heteroatoms. The van der Waals surface area contributed by atoms with E-state index in [1.165, 1.54) is 6.21 Å². The minimum absolute atomic E-state index is 0.706. The third-order valence-corrected chi connectivity index (χ3v) is 2.30. The van der Waals surface area contributed by atoms with Crippen molar-refractivity contribution < 1.29 is 26.8 Å². The molecule has 0 aromatic heterocycles. The second-order valence-electron chi connectivity index (χ2n) is 3.59. The molecule has 0 N–H and O–H groups in total. The lowest BCUT2D eigenvalue weighted by Crippen LogP contribution is -2.07. The second-order valence-corrected chi connectivity index (χ2v) is 3.59. The van der Waals surface area contributed by atoms with Crippen LogP contribution in [0.1, 0.15) is 19.4 Å². The maximum absolute atomic E-state index is 13.2. The highest BCUT2D eigenvalue weighted by Gasteiger charge is 2.25. The summed E-state index contributed by atoms with van der Waals surface area (Å²) in [4.78, 5) is 4.50. The Morgan fingerprint density at radius 1 is 1.00 bits per heavy atom. The third kappa shape index (κ3) is 3.30.